The highest BCUT2D eigenvalue weighted by molar-refractivity contribution is 7.10. The molecule has 0 aliphatic carbocycles. The molecule has 29 heavy (non-hydrogen) atoms. The van der Waals surface area contributed by atoms with Crippen molar-refractivity contribution in [3.8, 4) is 0 Å². The van der Waals surface area contributed by atoms with Gasteiger partial charge in [0, 0.05) is 15.5 Å². The highest BCUT2D eigenvalue weighted by atomic mass is 35.5. The van der Waals surface area contributed by atoms with Gasteiger partial charge >= 0.3 is 11.9 Å². The summed E-state index contributed by atoms with van der Waals surface area (Å²) >= 11 is 7.25. The van der Waals surface area contributed by atoms with E-state index in [4.69, 9.17) is 11.6 Å². The third-order valence-electron chi connectivity index (χ3n) is 5.28. The van der Waals surface area contributed by atoms with E-state index >= 15 is 0 Å². The van der Waals surface area contributed by atoms with Crippen molar-refractivity contribution in [3.05, 3.63) is 57.2 Å². The number of hydrogen-bond donors (Lipinski definition) is 2. The zero-order valence-corrected chi connectivity index (χ0v) is 17.6. The molecular formula is C21H22ClNO5S. The Bertz CT molecular complexity index is 912. The summed E-state index contributed by atoms with van der Waals surface area (Å²) in [7, 11) is 0. The lowest BCUT2D eigenvalue weighted by atomic mass is 9.83. The predicted molar refractivity (Wildman–Crippen MR) is 110 cm³/mol. The Morgan fingerprint density at radius 2 is 1.86 bits per heavy atom. The molecule has 0 unspecified atom stereocenters. The third kappa shape index (κ3) is 3.89. The van der Waals surface area contributed by atoms with E-state index in [0.717, 1.165) is 0 Å². The van der Waals surface area contributed by atoms with Crippen molar-refractivity contribution in [2.75, 3.05) is 0 Å². The zero-order valence-electron chi connectivity index (χ0n) is 16.0. The van der Waals surface area contributed by atoms with E-state index in [1.54, 1.807) is 29.6 Å². The Morgan fingerprint density at radius 1 is 1.21 bits per heavy atom. The van der Waals surface area contributed by atoms with Gasteiger partial charge in [0.1, 0.15) is 5.54 Å². The summed E-state index contributed by atoms with van der Waals surface area (Å²) in [5.41, 5.74) is -1.33. The molecule has 6 nitrogen and oxygen atoms in total. The van der Waals surface area contributed by atoms with Crippen molar-refractivity contribution in [1.29, 1.82) is 0 Å². The van der Waals surface area contributed by atoms with Crippen LogP contribution in [0.25, 0.3) is 0 Å². The van der Waals surface area contributed by atoms with E-state index in [1.807, 2.05) is 13.8 Å². The number of carbonyl (C=O) groups excluding carboxylic acids is 1. The molecule has 154 valence electrons. The summed E-state index contributed by atoms with van der Waals surface area (Å²) in [4.78, 5) is 40.2. The lowest BCUT2D eigenvalue weighted by Crippen LogP contribution is -2.54. The van der Waals surface area contributed by atoms with Crippen molar-refractivity contribution in [2.24, 2.45) is 11.8 Å². The Kier molecular flexibility index (Phi) is 6.00. The van der Waals surface area contributed by atoms with Gasteiger partial charge in [0.05, 0.1) is 12.0 Å². The molecule has 8 heteroatoms. The number of rotatable bonds is 6. The maximum atomic E-state index is 13.6. The summed E-state index contributed by atoms with van der Waals surface area (Å²) in [6.07, 6.45) is 0.0189. The van der Waals surface area contributed by atoms with Crippen molar-refractivity contribution >= 4 is 40.8 Å². The Balaban J connectivity index is 2.21. The smallest absolute Gasteiger partial charge is 0.329 e. The second kappa shape index (κ2) is 8.16. The largest absolute Gasteiger partial charge is 0.481 e. The minimum atomic E-state index is -1.61. The minimum absolute atomic E-state index is 0.0526. The molecule has 0 bridgehead atoms. The molecule has 2 N–H and O–H groups in total. The van der Waals surface area contributed by atoms with Crippen LogP contribution in [0.5, 0.6) is 0 Å². The number of carboxylic acid groups (broad SMARTS) is 2. The second-order valence-electron chi connectivity index (χ2n) is 7.73. The maximum Gasteiger partial charge on any atom is 0.329 e. The average Bonchev–Trinajstić information content (AvgIpc) is 3.27. The second-order valence-corrected chi connectivity index (χ2v) is 9.14. The fourth-order valence-electron chi connectivity index (χ4n) is 4.21. The summed E-state index contributed by atoms with van der Waals surface area (Å²) < 4.78 is 0. The molecule has 3 rings (SSSR count). The van der Waals surface area contributed by atoms with Crippen LogP contribution in [0, 0.1) is 11.8 Å². The summed E-state index contributed by atoms with van der Waals surface area (Å²) in [5.74, 6) is -3.86. The highest BCUT2D eigenvalue weighted by Crippen LogP contribution is 2.51. The van der Waals surface area contributed by atoms with E-state index in [-0.39, 0.29) is 24.3 Å². The molecule has 2 heterocycles. The molecule has 3 atom stereocenters. The average molecular weight is 436 g/mol. The number of hydrogen-bond acceptors (Lipinski definition) is 4. The molecule has 1 saturated heterocycles. The van der Waals surface area contributed by atoms with Crippen LogP contribution >= 0.6 is 22.9 Å². The van der Waals surface area contributed by atoms with Gasteiger partial charge in [0.15, 0.2) is 0 Å². The van der Waals surface area contributed by atoms with Gasteiger partial charge in [-0.3, -0.25) is 9.59 Å². The first-order chi connectivity index (χ1) is 13.7. The first kappa shape index (κ1) is 21.3. The van der Waals surface area contributed by atoms with Gasteiger partial charge in [-0.25, -0.2) is 4.79 Å². The van der Waals surface area contributed by atoms with E-state index in [2.05, 4.69) is 0 Å². The van der Waals surface area contributed by atoms with Crippen molar-refractivity contribution in [3.63, 3.8) is 0 Å². The molecule has 0 radical (unpaired) electrons. The fraction of sp³-hybridized carbons (Fsp3) is 0.381. The van der Waals surface area contributed by atoms with E-state index < -0.39 is 35.3 Å². The van der Waals surface area contributed by atoms with Crippen molar-refractivity contribution in [2.45, 2.75) is 38.3 Å². The molecule has 1 aromatic heterocycles. The van der Waals surface area contributed by atoms with Crippen molar-refractivity contribution in [1.82, 2.24) is 4.90 Å². The SMILES string of the molecule is CC(C)C[C@@]1(C(=O)O)C[C@H](C(=O)O)[C@H](c2cccs2)N1C(=O)c1ccc(Cl)cc1. The van der Waals surface area contributed by atoms with E-state index in [0.29, 0.717) is 9.90 Å². The summed E-state index contributed by atoms with van der Waals surface area (Å²) in [6, 6.07) is 8.85. The van der Waals surface area contributed by atoms with Crippen LogP contribution in [0.2, 0.25) is 5.02 Å². The van der Waals surface area contributed by atoms with Crippen LogP contribution in [-0.4, -0.2) is 38.5 Å². The number of nitrogens with zero attached hydrogens (tertiary/aromatic N) is 1. The molecule has 2 aromatic rings. The number of aliphatic carboxylic acids is 2. The topological polar surface area (TPSA) is 94.9 Å². The zero-order chi connectivity index (χ0) is 21.3. The minimum Gasteiger partial charge on any atom is -0.481 e. The van der Waals surface area contributed by atoms with Gasteiger partial charge in [-0.05, 0) is 54.5 Å². The van der Waals surface area contributed by atoms with E-state index in [1.165, 1.54) is 28.4 Å². The molecular weight excluding hydrogens is 414 g/mol. The van der Waals surface area contributed by atoms with Crippen LogP contribution in [0.1, 0.15) is 48.0 Å². The molecule has 0 spiro atoms. The number of likely N-dealkylation sites (tertiary alicyclic amines) is 1. The van der Waals surface area contributed by atoms with Gasteiger partial charge in [-0.2, -0.15) is 0 Å². The first-order valence-corrected chi connectivity index (χ1v) is 10.5. The van der Waals surface area contributed by atoms with Gasteiger partial charge in [0.25, 0.3) is 5.91 Å². The van der Waals surface area contributed by atoms with Gasteiger partial charge in [-0.1, -0.05) is 31.5 Å². The van der Waals surface area contributed by atoms with E-state index in [9.17, 15) is 24.6 Å². The van der Waals surface area contributed by atoms with Crippen LogP contribution in [0.3, 0.4) is 0 Å². The number of benzene rings is 1. The summed E-state index contributed by atoms with van der Waals surface area (Å²) in [5, 5.41) is 22.4. The predicted octanol–water partition coefficient (Wildman–Crippen LogP) is 4.56. The molecule has 1 amide bonds. The normalized spacial score (nSPS) is 24.1. The standard InChI is InChI=1S/C21H22ClNO5S/c1-12(2)10-21(20(27)28)11-15(19(25)26)17(16-4-3-9-29-16)23(21)18(24)13-5-7-14(22)8-6-13/h3-9,12,15,17H,10-11H2,1-2H3,(H,25,26)(H,27,28)/t15-,17+,21-/m0/s1. The lowest BCUT2D eigenvalue weighted by Gasteiger charge is -2.39. The highest BCUT2D eigenvalue weighted by Gasteiger charge is 2.61. The van der Waals surface area contributed by atoms with Gasteiger partial charge < -0.3 is 15.1 Å². The quantitative estimate of drug-likeness (QED) is 0.693. The number of carbonyl (C=O) groups is 3. The van der Waals surface area contributed by atoms with Crippen LogP contribution in [-0.2, 0) is 9.59 Å². The van der Waals surface area contributed by atoms with Crippen molar-refractivity contribution < 1.29 is 24.6 Å². The maximum absolute atomic E-state index is 13.6. The molecule has 1 aromatic carbocycles. The number of amides is 1. The van der Waals surface area contributed by atoms with Crippen LogP contribution in [0.15, 0.2) is 41.8 Å². The Labute approximate surface area is 177 Å². The van der Waals surface area contributed by atoms with Gasteiger partial charge in [0.2, 0.25) is 0 Å². The molecule has 0 saturated carbocycles. The molecule has 1 aliphatic heterocycles. The van der Waals surface area contributed by atoms with Crippen LogP contribution in [0.4, 0.5) is 0 Å². The number of thiophene rings is 1. The monoisotopic (exact) mass is 435 g/mol. The van der Waals surface area contributed by atoms with Crippen LogP contribution < -0.4 is 0 Å². The first-order valence-electron chi connectivity index (χ1n) is 9.26. The molecule has 1 aliphatic rings. The third-order valence-corrected chi connectivity index (χ3v) is 6.48. The fourth-order valence-corrected chi connectivity index (χ4v) is 5.22. The Hall–Kier alpha value is -2.38. The lowest BCUT2D eigenvalue weighted by molar-refractivity contribution is -0.150. The van der Waals surface area contributed by atoms with Gasteiger partial charge in [-0.15, -0.1) is 11.3 Å². The number of halogens is 1. The summed E-state index contributed by atoms with van der Waals surface area (Å²) in [6.45, 7) is 3.73. The molecule has 1 fully saturated rings. The Morgan fingerprint density at radius 3 is 2.34 bits per heavy atom. The number of carboxylic acids is 2.